The standard InChI is InChI=1S/C14H20O/c1-9(2)11-5-6-13-12(7-11)8-14(15-13)10(3)4/h5-7,9-10,14H,8H2,1-4H3. The van der Waals surface area contributed by atoms with Crippen molar-refractivity contribution in [3.63, 3.8) is 0 Å². The van der Waals surface area contributed by atoms with Gasteiger partial charge in [0.2, 0.25) is 0 Å². The van der Waals surface area contributed by atoms with Crippen molar-refractivity contribution >= 4 is 0 Å². The minimum Gasteiger partial charge on any atom is -0.490 e. The van der Waals surface area contributed by atoms with Gasteiger partial charge in [0.05, 0.1) is 0 Å². The van der Waals surface area contributed by atoms with E-state index in [0.29, 0.717) is 17.9 Å². The van der Waals surface area contributed by atoms with Crippen LogP contribution in [0.25, 0.3) is 0 Å². The fourth-order valence-corrected chi connectivity index (χ4v) is 2.03. The Labute approximate surface area is 92.5 Å². The summed E-state index contributed by atoms with van der Waals surface area (Å²) in [6.07, 6.45) is 1.45. The Morgan fingerprint density at radius 2 is 1.93 bits per heavy atom. The molecule has 1 unspecified atom stereocenters. The Morgan fingerprint density at radius 1 is 1.20 bits per heavy atom. The number of hydrogen-bond donors (Lipinski definition) is 0. The van der Waals surface area contributed by atoms with Crippen LogP contribution in [0.3, 0.4) is 0 Å². The maximum Gasteiger partial charge on any atom is 0.123 e. The summed E-state index contributed by atoms with van der Waals surface area (Å²) in [5.74, 6) is 2.30. The lowest BCUT2D eigenvalue weighted by molar-refractivity contribution is 0.179. The number of ether oxygens (including phenoxy) is 1. The number of fused-ring (bicyclic) bond motifs is 1. The van der Waals surface area contributed by atoms with Crippen LogP contribution in [-0.2, 0) is 6.42 Å². The summed E-state index contributed by atoms with van der Waals surface area (Å²) < 4.78 is 5.90. The zero-order chi connectivity index (χ0) is 11.0. The van der Waals surface area contributed by atoms with Crippen LogP contribution in [0.1, 0.15) is 44.7 Å². The molecule has 15 heavy (non-hydrogen) atoms. The van der Waals surface area contributed by atoms with Gasteiger partial charge < -0.3 is 4.74 Å². The van der Waals surface area contributed by atoms with Crippen LogP contribution in [0, 0.1) is 5.92 Å². The fourth-order valence-electron chi connectivity index (χ4n) is 2.03. The third-order valence-corrected chi connectivity index (χ3v) is 3.19. The van der Waals surface area contributed by atoms with E-state index in [9.17, 15) is 0 Å². The molecule has 0 saturated carbocycles. The Morgan fingerprint density at radius 3 is 2.53 bits per heavy atom. The maximum atomic E-state index is 5.90. The molecule has 0 fully saturated rings. The van der Waals surface area contributed by atoms with Crippen LogP contribution in [0.4, 0.5) is 0 Å². The molecule has 0 bridgehead atoms. The van der Waals surface area contributed by atoms with Crippen LogP contribution in [0.5, 0.6) is 5.75 Å². The first-order valence-corrected chi connectivity index (χ1v) is 5.87. The molecular formula is C14H20O. The third-order valence-electron chi connectivity index (χ3n) is 3.19. The van der Waals surface area contributed by atoms with E-state index < -0.39 is 0 Å². The molecule has 1 nitrogen and oxygen atoms in total. The van der Waals surface area contributed by atoms with Crippen LogP contribution in [-0.4, -0.2) is 6.10 Å². The predicted molar refractivity (Wildman–Crippen MR) is 63.5 cm³/mol. The Kier molecular flexibility index (Phi) is 2.72. The largest absolute Gasteiger partial charge is 0.490 e. The third kappa shape index (κ3) is 2.01. The average molecular weight is 204 g/mol. The number of hydrogen-bond acceptors (Lipinski definition) is 1. The van der Waals surface area contributed by atoms with Crippen molar-refractivity contribution in [3.05, 3.63) is 29.3 Å². The molecule has 0 N–H and O–H groups in total. The maximum absolute atomic E-state index is 5.90. The van der Waals surface area contributed by atoms with Gasteiger partial charge in [0.15, 0.2) is 0 Å². The highest BCUT2D eigenvalue weighted by molar-refractivity contribution is 5.41. The van der Waals surface area contributed by atoms with Gasteiger partial charge in [-0.2, -0.15) is 0 Å². The van der Waals surface area contributed by atoms with Gasteiger partial charge in [0.1, 0.15) is 11.9 Å². The smallest absolute Gasteiger partial charge is 0.123 e. The normalized spacial score (nSPS) is 19.5. The van der Waals surface area contributed by atoms with E-state index in [0.717, 1.165) is 12.2 Å². The molecule has 1 aromatic rings. The van der Waals surface area contributed by atoms with Crippen molar-refractivity contribution in [2.75, 3.05) is 0 Å². The zero-order valence-electron chi connectivity index (χ0n) is 10.1. The lowest BCUT2D eigenvalue weighted by Crippen LogP contribution is -2.19. The molecule has 0 amide bonds. The van der Waals surface area contributed by atoms with Gasteiger partial charge in [-0.05, 0) is 29.0 Å². The summed E-state index contributed by atoms with van der Waals surface area (Å²) in [5.41, 5.74) is 2.81. The monoisotopic (exact) mass is 204 g/mol. The first-order valence-electron chi connectivity index (χ1n) is 5.87. The van der Waals surface area contributed by atoms with E-state index in [4.69, 9.17) is 4.74 Å². The van der Waals surface area contributed by atoms with Crippen molar-refractivity contribution in [2.45, 2.75) is 46.1 Å². The van der Waals surface area contributed by atoms with E-state index in [-0.39, 0.29) is 0 Å². The van der Waals surface area contributed by atoms with Gasteiger partial charge >= 0.3 is 0 Å². The van der Waals surface area contributed by atoms with Crippen molar-refractivity contribution in [1.82, 2.24) is 0 Å². The Bertz CT molecular complexity index is 352. The van der Waals surface area contributed by atoms with Crippen LogP contribution >= 0.6 is 0 Å². The van der Waals surface area contributed by atoms with Gasteiger partial charge in [-0.25, -0.2) is 0 Å². The van der Waals surface area contributed by atoms with Gasteiger partial charge in [0, 0.05) is 6.42 Å². The molecule has 2 rings (SSSR count). The van der Waals surface area contributed by atoms with E-state index >= 15 is 0 Å². The lowest BCUT2D eigenvalue weighted by atomic mass is 9.97. The van der Waals surface area contributed by atoms with Gasteiger partial charge in [-0.1, -0.05) is 39.8 Å². The van der Waals surface area contributed by atoms with Crippen molar-refractivity contribution < 1.29 is 4.74 Å². The highest BCUT2D eigenvalue weighted by Crippen LogP contribution is 2.33. The van der Waals surface area contributed by atoms with Crippen LogP contribution in [0.2, 0.25) is 0 Å². The zero-order valence-corrected chi connectivity index (χ0v) is 10.1. The Hall–Kier alpha value is -0.980. The van der Waals surface area contributed by atoms with E-state index in [1.54, 1.807) is 0 Å². The molecule has 1 aromatic carbocycles. The molecule has 82 valence electrons. The lowest BCUT2D eigenvalue weighted by Gasteiger charge is -2.13. The predicted octanol–water partition coefficient (Wildman–Crippen LogP) is 3.77. The van der Waals surface area contributed by atoms with E-state index in [2.05, 4.69) is 45.9 Å². The van der Waals surface area contributed by atoms with Gasteiger partial charge in [-0.3, -0.25) is 0 Å². The van der Waals surface area contributed by atoms with Gasteiger partial charge in [-0.15, -0.1) is 0 Å². The van der Waals surface area contributed by atoms with E-state index in [1.807, 2.05) is 0 Å². The fraction of sp³-hybridized carbons (Fsp3) is 0.571. The summed E-state index contributed by atoms with van der Waals surface area (Å²) in [6.45, 7) is 8.91. The van der Waals surface area contributed by atoms with Crippen LogP contribution < -0.4 is 4.74 Å². The highest BCUT2D eigenvalue weighted by atomic mass is 16.5. The quantitative estimate of drug-likeness (QED) is 0.712. The molecule has 0 aromatic heterocycles. The molecule has 0 radical (unpaired) electrons. The van der Waals surface area contributed by atoms with Crippen molar-refractivity contribution in [3.8, 4) is 5.75 Å². The SMILES string of the molecule is CC(C)c1ccc2c(c1)CC(C(C)C)O2. The molecular weight excluding hydrogens is 184 g/mol. The molecule has 1 aliphatic heterocycles. The first kappa shape index (κ1) is 10.5. The minimum absolute atomic E-state index is 0.377. The number of benzene rings is 1. The molecule has 0 saturated heterocycles. The molecule has 0 spiro atoms. The van der Waals surface area contributed by atoms with Crippen molar-refractivity contribution in [1.29, 1.82) is 0 Å². The second-order valence-electron chi connectivity index (χ2n) is 5.13. The molecule has 1 atom stereocenters. The van der Waals surface area contributed by atoms with Gasteiger partial charge in [0.25, 0.3) is 0 Å². The molecule has 1 aliphatic rings. The number of rotatable bonds is 2. The summed E-state index contributed by atoms with van der Waals surface area (Å²) >= 11 is 0. The second-order valence-corrected chi connectivity index (χ2v) is 5.13. The average Bonchev–Trinajstić information content (AvgIpc) is 2.59. The summed E-state index contributed by atoms with van der Waals surface area (Å²) in [5, 5.41) is 0. The molecule has 1 heterocycles. The Balaban J connectivity index is 2.24. The first-order chi connectivity index (χ1) is 7.08. The van der Waals surface area contributed by atoms with Crippen molar-refractivity contribution in [2.24, 2.45) is 5.92 Å². The molecule has 1 heteroatoms. The summed E-state index contributed by atoms with van der Waals surface area (Å²) in [7, 11) is 0. The summed E-state index contributed by atoms with van der Waals surface area (Å²) in [6, 6.07) is 6.63. The van der Waals surface area contributed by atoms with E-state index in [1.165, 1.54) is 11.1 Å². The topological polar surface area (TPSA) is 9.23 Å². The highest BCUT2D eigenvalue weighted by Gasteiger charge is 2.25. The molecule has 0 aliphatic carbocycles. The second kappa shape index (κ2) is 3.88. The van der Waals surface area contributed by atoms with Crippen LogP contribution in [0.15, 0.2) is 18.2 Å². The minimum atomic E-state index is 0.377. The summed E-state index contributed by atoms with van der Waals surface area (Å²) in [4.78, 5) is 0.